The first kappa shape index (κ1) is 10.4. The van der Waals surface area contributed by atoms with E-state index >= 15 is 0 Å². The van der Waals surface area contributed by atoms with Gasteiger partial charge in [0.25, 0.3) is 0 Å². The molecule has 2 aliphatic rings. The van der Waals surface area contributed by atoms with E-state index in [9.17, 15) is 0 Å². The predicted octanol–water partition coefficient (Wildman–Crippen LogP) is 2.18. The van der Waals surface area contributed by atoms with Crippen LogP contribution in [0.2, 0.25) is 0 Å². The van der Waals surface area contributed by atoms with Crippen LogP contribution in [0.4, 0.5) is 0 Å². The quantitative estimate of drug-likeness (QED) is 0.752. The molecule has 4 atom stereocenters. The largest absolute Gasteiger partial charge is 0.377 e. The van der Waals surface area contributed by atoms with E-state index in [0.29, 0.717) is 16.9 Å². The van der Waals surface area contributed by atoms with Crippen LogP contribution in [0.1, 0.15) is 40.0 Å². The van der Waals surface area contributed by atoms with Crippen molar-refractivity contribution < 1.29 is 4.74 Å². The maximum Gasteiger partial charge on any atom is 0.0694 e. The van der Waals surface area contributed by atoms with E-state index in [0.717, 1.165) is 19.1 Å². The van der Waals surface area contributed by atoms with Crippen molar-refractivity contribution in [3.8, 4) is 0 Å². The summed E-state index contributed by atoms with van der Waals surface area (Å²) >= 11 is 0. The van der Waals surface area contributed by atoms with Crippen LogP contribution in [0.25, 0.3) is 0 Å². The molecule has 14 heavy (non-hydrogen) atoms. The van der Waals surface area contributed by atoms with E-state index in [2.05, 4.69) is 20.8 Å². The van der Waals surface area contributed by atoms with Crippen molar-refractivity contribution >= 4 is 0 Å². The van der Waals surface area contributed by atoms with Gasteiger partial charge in [0.2, 0.25) is 0 Å². The van der Waals surface area contributed by atoms with Gasteiger partial charge in [-0.3, -0.25) is 0 Å². The second-order valence-corrected chi connectivity index (χ2v) is 5.51. The highest BCUT2D eigenvalue weighted by molar-refractivity contribution is 5.21. The molecular weight excluding hydrogens is 174 g/mol. The number of fused-ring (bicyclic) bond motifs is 1. The molecule has 2 saturated carbocycles. The van der Waals surface area contributed by atoms with E-state index < -0.39 is 0 Å². The van der Waals surface area contributed by atoms with Gasteiger partial charge in [-0.1, -0.05) is 13.8 Å². The van der Waals surface area contributed by atoms with Gasteiger partial charge in [0.05, 0.1) is 6.10 Å². The molecule has 0 bridgehead atoms. The summed E-state index contributed by atoms with van der Waals surface area (Å²) in [5, 5.41) is 0. The number of hydrogen-bond acceptors (Lipinski definition) is 2. The van der Waals surface area contributed by atoms with Crippen molar-refractivity contribution in [1.29, 1.82) is 0 Å². The molecule has 0 aromatic carbocycles. The van der Waals surface area contributed by atoms with Crippen molar-refractivity contribution in [2.24, 2.45) is 22.5 Å². The summed E-state index contributed by atoms with van der Waals surface area (Å²) in [6.45, 7) is 8.57. The van der Waals surface area contributed by atoms with Crippen molar-refractivity contribution in [3.63, 3.8) is 0 Å². The van der Waals surface area contributed by atoms with E-state index in [-0.39, 0.29) is 0 Å². The molecule has 82 valence electrons. The Morgan fingerprint density at radius 2 is 2.07 bits per heavy atom. The lowest BCUT2D eigenvalue weighted by atomic mass is 9.76. The Kier molecular flexibility index (Phi) is 2.39. The minimum absolute atomic E-state index is 0.422. The van der Waals surface area contributed by atoms with E-state index in [1.165, 1.54) is 19.3 Å². The molecule has 2 N–H and O–H groups in total. The number of hydrogen-bond donors (Lipinski definition) is 1. The van der Waals surface area contributed by atoms with E-state index in [1.54, 1.807) is 0 Å². The third kappa shape index (κ3) is 1.17. The molecule has 0 saturated heterocycles. The highest BCUT2D eigenvalue weighted by atomic mass is 16.5. The molecule has 4 unspecified atom stereocenters. The lowest BCUT2D eigenvalue weighted by Crippen LogP contribution is -2.25. The predicted molar refractivity (Wildman–Crippen MR) is 58.0 cm³/mol. The van der Waals surface area contributed by atoms with Crippen LogP contribution < -0.4 is 5.73 Å². The Morgan fingerprint density at radius 1 is 1.36 bits per heavy atom. The van der Waals surface area contributed by atoms with Gasteiger partial charge in [-0.25, -0.2) is 0 Å². The zero-order valence-corrected chi connectivity index (χ0v) is 9.68. The third-order valence-corrected chi connectivity index (χ3v) is 4.83. The molecule has 2 heteroatoms. The summed E-state index contributed by atoms with van der Waals surface area (Å²) in [6, 6.07) is 0. The summed E-state index contributed by atoms with van der Waals surface area (Å²) in [6.07, 6.45) is 4.36. The zero-order valence-electron chi connectivity index (χ0n) is 9.68. The Hall–Kier alpha value is -0.0800. The first-order valence-corrected chi connectivity index (χ1v) is 5.90. The third-order valence-electron chi connectivity index (χ3n) is 4.83. The second-order valence-electron chi connectivity index (χ2n) is 5.51. The molecule has 0 radical (unpaired) electrons. The van der Waals surface area contributed by atoms with Crippen LogP contribution in [0.5, 0.6) is 0 Å². The minimum Gasteiger partial charge on any atom is -0.377 e. The van der Waals surface area contributed by atoms with Gasteiger partial charge in [0, 0.05) is 17.4 Å². The van der Waals surface area contributed by atoms with Crippen molar-refractivity contribution in [3.05, 3.63) is 0 Å². The average Bonchev–Trinajstić information content (AvgIpc) is 2.65. The molecule has 2 nitrogen and oxygen atoms in total. The summed E-state index contributed by atoms with van der Waals surface area (Å²) in [4.78, 5) is 0. The standard InChI is InChI=1S/C12H23NO/c1-4-14-10-11(2)6-5-9(8-13)7-12(10,11)3/h9-10H,4-8,13H2,1-3H3. The Balaban J connectivity index is 2.06. The minimum atomic E-state index is 0.422. The SMILES string of the molecule is CCOC1C2(C)CCC(CN)CC12C. The van der Waals surface area contributed by atoms with Crippen LogP contribution in [0, 0.1) is 16.7 Å². The van der Waals surface area contributed by atoms with Crippen LogP contribution >= 0.6 is 0 Å². The number of rotatable bonds is 3. The van der Waals surface area contributed by atoms with E-state index in [4.69, 9.17) is 10.5 Å². The number of ether oxygens (including phenoxy) is 1. The molecule has 0 spiro atoms. The normalized spacial score (nSPS) is 51.4. The molecule has 2 fully saturated rings. The van der Waals surface area contributed by atoms with Gasteiger partial charge in [0.15, 0.2) is 0 Å². The van der Waals surface area contributed by atoms with Gasteiger partial charge in [-0.2, -0.15) is 0 Å². The van der Waals surface area contributed by atoms with Gasteiger partial charge in [-0.15, -0.1) is 0 Å². The Morgan fingerprint density at radius 3 is 2.64 bits per heavy atom. The first-order valence-electron chi connectivity index (χ1n) is 5.90. The monoisotopic (exact) mass is 197 g/mol. The molecule has 2 rings (SSSR count). The summed E-state index contributed by atoms with van der Waals surface area (Å²) in [7, 11) is 0. The van der Waals surface area contributed by atoms with Crippen molar-refractivity contribution in [2.75, 3.05) is 13.2 Å². The lowest BCUT2D eigenvalue weighted by Gasteiger charge is -2.29. The Labute approximate surface area is 87.2 Å². The lowest BCUT2D eigenvalue weighted by molar-refractivity contribution is 0.0918. The summed E-state index contributed by atoms with van der Waals surface area (Å²) < 4.78 is 5.86. The highest BCUT2D eigenvalue weighted by Gasteiger charge is 2.72. The summed E-state index contributed by atoms with van der Waals surface area (Å²) in [5.74, 6) is 0.735. The van der Waals surface area contributed by atoms with E-state index in [1.807, 2.05) is 0 Å². The topological polar surface area (TPSA) is 35.2 Å². The van der Waals surface area contributed by atoms with Crippen LogP contribution in [0.15, 0.2) is 0 Å². The fraction of sp³-hybridized carbons (Fsp3) is 1.00. The Bertz CT molecular complexity index is 230. The average molecular weight is 197 g/mol. The van der Waals surface area contributed by atoms with Crippen molar-refractivity contribution in [2.45, 2.75) is 46.1 Å². The van der Waals surface area contributed by atoms with Crippen LogP contribution in [0.3, 0.4) is 0 Å². The number of nitrogens with two attached hydrogens (primary N) is 1. The highest BCUT2D eigenvalue weighted by Crippen LogP contribution is 2.72. The molecule has 0 amide bonds. The first-order chi connectivity index (χ1) is 6.58. The maximum atomic E-state index is 5.86. The van der Waals surface area contributed by atoms with Gasteiger partial charge in [0.1, 0.15) is 0 Å². The van der Waals surface area contributed by atoms with Crippen molar-refractivity contribution in [1.82, 2.24) is 0 Å². The molecule has 0 aromatic heterocycles. The fourth-order valence-electron chi connectivity index (χ4n) is 3.60. The molecule has 2 aliphatic carbocycles. The molecule has 0 heterocycles. The van der Waals surface area contributed by atoms with Gasteiger partial charge >= 0.3 is 0 Å². The summed E-state index contributed by atoms with van der Waals surface area (Å²) in [5.41, 5.74) is 6.64. The van der Waals surface area contributed by atoms with Gasteiger partial charge in [-0.05, 0) is 38.6 Å². The fourth-order valence-corrected chi connectivity index (χ4v) is 3.60. The smallest absolute Gasteiger partial charge is 0.0694 e. The molecule has 0 aromatic rings. The van der Waals surface area contributed by atoms with Crippen LogP contribution in [-0.4, -0.2) is 19.3 Å². The second kappa shape index (κ2) is 3.21. The zero-order chi connectivity index (χ0) is 10.4. The van der Waals surface area contributed by atoms with Crippen LogP contribution in [-0.2, 0) is 4.74 Å². The molecular formula is C12H23NO. The molecule has 0 aliphatic heterocycles. The van der Waals surface area contributed by atoms with Gasteiger partial charge < -0.3 is 10.5 Å². The maximum absolute atomic E-state index is 5.86.